The molecule has 12 heteroatoms. The van der Waals surface area contributed by atoms with Crippen LogP contribution in [0, 0.1) is 6.92 Å². The van der Waals surface area contributed by atoms with E-state index in [2.05, 4.69) is 10.3 Å². The molecule has 2 aromatic carbocycles. The van der Waals surface area contributed by atoms with E-state index in [1.54, 1.807) is 0 Å². The summed E-state index contributed by atoms with van der Waals surface area (Å²) in [6.45, 7) is 1.33. The normalized spacial score (nSPS) is 11.7. The SMILES string of the molecule is Cc1[nH]c(=O)c(C(=O)NCc2ccc(S(C)(=O)=O)cc2)cc1C(=O)Oc1cccc(C(F)(F)F)c1. The number of carbonyl (C=O) groups is 2. The summed E-state index contributed by atoms with van der Waals surface area (Å²) in [6.07, 6.45) is -3.57. The Bertz CT molecular complexity index is 1450. The van der Waals surface area contributed by atoms with Crippen molar-refractivity contribution in [2.45, 2.75) is 24.5 Å². The van der Waals surface area contributed by atoms with Gasteiger partial charge in [0.15, 0.2) is 9.84 Å². The van der Waals surface area contributed by atoms with Gasteiger partial charge >= 0.3 is 12.1 Å². The van der Waals surface area contributed by atoms with Crippen LogP contribution in [0.25, 0.3) is 0 Å². The van der Waals surface area contributed by atoms with E-state index >= 15 is 0 Å². The van der Waals surface area contributed by atoms with Crippen molar-refractivity contribution in [1.29, 1.82) is 0 Å². The molecule has 1 heterocycles. The maximum Gasteiger partial charge on any atom is 0.416 e. The first-order chi connectivity index (χ1) is 16.3. The summed E-state index contributed by atoms with van der Waals surface area (Å²) in [5, 5.41) is 2.49. The van der Waals surface area contributed by atoms with Gasteiger partial charge < -0.3 is 15.0 Å². The number of hydrogen-bond acceptors (Lipinski definition) is 6. The number of esters is 1. The van der Waals surface area contributed by atoms with Crippen LogP contribution in [0.5, 0.6) is 5.75 Å². The average Bonchev–Trinajstić information content (AvgIpc) is 2.76. The topological polar surface area (TPSA) is 122 Å². The molecule has 3 aromatic rings. The molecular weight excluding hydrogens is 489 g/mol. The lowest BCUT2D eigenvalue weighted by molar-refractivity contribution is -0.137. The highest BCUT2D eigenvalue weighted by Gasteiger charge is 2.31. The van der Waals surface area contributed by atoms with Crippen LogP contribution >= 0.6 is 0 Å². The number of sulfone groups is 1. The number of nitrogens with one attached hydrogen (secondary N) is 2. The third-order valence-electron chi connectivity index (χ3n) is 4.88. The molecule has 0 spiro atoms. The Morgan fingerprint density at radius 1 is 1.03 bits per heavy atom. The van der Waals surface area contributed by atoms with Crippen LogP contribution in [0.4, 0.5) is 13.2 Å². The number of benzene rings is 2. The van der Waals surface area contributed by atoms with Crippen LogP contribution in [-0.2, 0) is 22.6 Å². The van der Waals surface area contributed by atoms with Crippen molar-refractivity contribution in [1.82, 2.24) is 10.3 Å². The van der Waals surface area contributed by atoms with Gasteiger partial charge in [-0.1, -0.05) is 18.2 Å². The smallest absolute Gasteiger partial charge is 0.416 e. The van der Waals surface area contributed by atoms with E-state index in [0.29, 0.717) is 11.6 Å². The third-order valence-corrected chi connectivity index (χ3v) is 6.01. The van der Waals surface area contributed by atoms with Gasteiger partial charge in [0.05, 0.1) is 16.0 Å². The second-order valence-electron chi connectivity index (χ2n) is 7.56. The highest BCUT2D eigenvalue weighted by Crippen LogP contribution is 2.31. The van der Waals surface area contributed by atoms with Crippen LogP contribution in [0.2, 0.25) is 0 Å². The zero-order valence-corrected chi connectivity index (χ0v) is 19.2. The summed E-state index contributed by atoms with van der Waals surface area (Å²) in [4.78, 5) is 39.9. The molecule has 0 saturated carbocycles. The summed E-state index contributed by atoms with van der Waals surface area (Å²) in [6, 6.07) is 10.4. The van der Waals surface area contributed by atoms with Crippen molar-refractivity contribution in [2.24, 2.45) is 0 Å². The molecule has 0 aliphatic rings. The Morgan fingerprint density at radius 3 is 2.29 bits per heavy atom. The minimum atomic E-state index is -4.63. The van der Waals surface area contributed by atoms with Gasteiger partial charge in [-0.2, -0.15) is 13.2 Å². The van der Waals surface area contributed by atoms with E-state index in [1.165, 1.54) is 31.2 Å². The maximum atomic E-state index is 12.9. The minimum absolute atomic E-state index is 0.0415. The second kappa shape index (κ2) is 9.74. The lowest BCUT2D eigenvalue weighted by Gasteiger charge is -2.11. The Kier molecular flexibility index (Phi) is 7.15. The van der Waals surface area contributed by atoms with Crippen LogP contribution in [-0.4, -0.2) is 31.5 Å². The first-order valence-corrected chi connectivity index (χ1v) is 11.9. The number of aromatic nitrogens is 1. The molecule has 0 fully saturated rings. The lowest BCUT2D eigenvalue weighted by atomic mass is 10.1. The third kappa shape index (κ3) is 6.35. The molecular formula is C23H19F3N2O6S. The number of hydrogen-bond donors (Lipinski definition) is 2. The van der Waals surface area contributed by atoms with Crippen molar-refractivity contribution in [3.8, 4) is 5.75 Å². The average molecular weight is 508 g/mol. The molecule has 35 heavy (non-hydrogen) atoms. The number of carbonyl (C=O) groups excluding carboxylic acids is 2. The molecule has 1 amide bonds. The molecule has 2 N–H and O–H groups in total. The predicted octanol–water partition coefficient (Wildman–Crippen LogP) is 3.25. The van der Waals surface area contributed by atoms with Gasteiger partial charge in [-0.3, -0.25) is 9.59 Å². The summed E-state index contributed by atoms with van der Waals surface area (Å²) in [5.41, 5.74) is -1.82. The Labute approximate surface area is 197 Å². The Balaban J connectivity index is 1.77. The van der Waals surface area contributed by atoms with Crippen molar-refractivity contribution < 1.29 is 35.9 Å². The number of aromatic amines is 1. The number of H-pyrrole nitrogens is 1. The Hall–Kier alpha value is -3.93. The van der Waals surface area contributed by atoms with Crippen molar-refractivity contribution in [2.75, 3.05) is 6.26 Å². The molecule has 184 valence electrons. The molecule has 8 nitrogen and oxygen atoms in total. The molecule has 0 bridgehead atoms. The highest BCUT2D eigenvalue weighted by molar-refractivity contribution is 7.90. The quantitative estimate of drug-likeness (QED) is 0.389. The summed E-state index contributed by atoms with van der Waals surface area (Å²) >= 11 is 0. The molecule has 1 aromatic heterocycles. The van der Waals surface area contributed by atoms with Gasteiger partial charge in [0.2, 0.25) is 0 Å². The fourth-order valence-electron chi connectivity index (χ4n) is 3.03. The van der Waals surface area contributed by atoms with Gasteiger partial charge in [0.1, 0.15) is 11.3 Å². The number of pyridine rings is 1. The van der Waals surface area contributed by atoms with Crippen LogP contribution in [0.15, 0.2) is 64.3 Å². The standard InChI is InChI=1S/C23H19F3N2O6S/c1-13-18(22(31)34-16-5-3-4-15(10-16)23(24,25)26)11-19(21(30)28-13)20(29)27-12-14-6-8-17(9-7-14)35(2,32)33/h3-11H,12H2,1-2H3,(H,27,29)(H,28,30). The first-order valence-electron chi connectivity index (χ1n) is 9.96. The van der Waals surface area contributed by atoms with Gasteiger partial charge in [-0.25, -0.2) is 13.2 Å². The zero-order chi connectivity index (χ0) is 26.0. The number of aryl methyl sites for hydroxylation is 1. The monoisotopic (exact) mass is 508 g/mol. The summed E-state index contributed by atoms with van der Waals surface area (Å²) in [7, 11) is -3.38. The molecule has 3 rings (SSSR count). The van der Waals surface area contributed by atoms with Crippen LogP contribution < -0.4 is 15.6 Å². The molecule has 0 aliphatic heterocycles. The summed E-state index contributed by atoms with van der Waals surface area (Å²) < 4.78 is 66.8. The fraction of sp³-hybridized carbons (Fsp3) is 0.174. The number of halogens is 3. The van der Waals surface area contributed by atoms with Crippen LogP contribution in [0.3, 0.4) is 0 Å². The van der Waals surface area contributed by atoms with Crippen molar-refractivity contribution in [3.63, 3.8) is 0 Å². The van der Waals surface area contributed by atoms with E-state index in [1.807, 2.05) is 0 Å². The summed E-state index contributed by atoms with van der Waals surface area (Å²) in [5.74, 6) is -2.26. The molecule has 0 radical (unpaired) electrons. The highest BCUT2D eigenvalue weighted by atomic mass is 32.2. The lowest BCUT2D eigenvalue weighted by Crippen LogP contribution is -2.30. The van der Waals surface area contributed by atoms with Crippen molar-refractivity contribution in [3.05, 3.63) is 92.9 Å². The van der Waals surface area contributed by atoms with Gasteiger partial charge in [0.25, 0.3) is 11.5 Å². The molecule has 0 unspecified atom stereocenters. The van der Waals surface area contributed by atoms with Crippen molar-refractivity contribution >= 4 is 21.7 Å². The van der Waals surface area contributed by atoms with E-state index in [9.17, 15) is 36.0 Å². The van der Waals surface area contributed by atoms with Gasteiger partial charge in [0, 0.05) is 18.5 Å². The largest absolute Gasteiger partial charge is 0.423 e. The molecule has 0 saturated heterocycles. The number of ether oxygens (including phenoxy) is 1. The number of rotatable bonds is 6. The number of alkyl halides is 3. The van der Waals surface area contributed by atoms with E-state index < -0.39 is 44.6 Å². The maximum absolute atomic E-state index is 12.9. The number of amides is 1. The molecule has 0 atom stereocenters. The fourth-order valence-corrected chi connectivity index (χ4v) is 3.66. The van der Waals surface area contributed by atoms with E-state index in [-0.39, 0.29) is 28.4 Å². The minimum Gasteiger partial charge on any atom is -0.423 e. The second-order valence-corrected chi connectivity index (χ2v) is 9.58. The zero-order valence-electron chi connectivity index (χ0n) is 18.4. The van der Waals surface area contributed by atoms with E-state index in [4.69, 9.17) is 4.74 Å². The van der Waals surface area contributed by atoms with Gasteiger partial charge in [-0.15, -0.1) is 0 Å². The van der Waals surface area contributed by atoms with Gasteiger partial charge in [-0.05, 0) is 48.9 Å². The van der Waals surface area contributed by atoms with Crippen LogP contribution in [0.1, 0.15) is 37.5 Å². The molecule has 0 aliphatic carbocycles. The van der Waals surface area contributed by atoms with E-state index in [0.717, 1.165) is 30.5 Å². The first kappa shape index (κ1) is 25.7. The Morgan fingerprint density at radius 2 is 1.69 bits per heavy atom. The predicted molar refractivity (Wildman–Crippen MR) is 119 cm³/mol.